The predicted octanol–water partition coefficient (Wildman–Crippen LogP) is 2.40. The quantitative estimate of drug-likeness (QED) is 0.890. The largest absolute Gasteiger partial charge is 0.454 e. The van der Waals surface area contributed by atoms with Crippen LogP contribution in [0.5, 0.6) is 11.5 Å². The molecule has 1 aromatic carbocycles. The molecule has 0 saturated carbocycles. The third kappa shape index (κ3) is 2.45. The van der Waals surface area contributed by atoms with Crippen LogP contribution in [0.2, 0.25) is 0 Å². The normalized spacial score (nSPS) is 12.5. The molecule has 0 aliphatic heterocycles. The van der Waals surface area contributed by atoms with Gasteiger partial charge in [0, 0.05) is 7.05 Å². The lowest BCUT2D eigenvalue weighted by Crippen LogP contribution is -1.99. The predicted molar refractivity (Wildman–Crippen MR) is 60.3 cm³/mol. The van der Waals surface area contributed by atoms with Crippen LogP contribution in [0.3, 0.4) is 0 Å². The van der Waals surface area contributed by atoms with E-state index in [0.29, 0.717) is 11.5 Å². The third-order valence-corrected chi connectivity index (χ3v) is 2.34. The number of hydrogen-bond donors (Lipinski definition) is 1. The zero-order chi connectivity index (χ0) is 12.4. The minimum Gasteiger partial charge on any atom is -0.454 e. The zero-order valence-corrected chi connectivity index (χ0v) is 9.59. The van der Waals surface area contributed by atoms with E-state index in [1.54, 1.807) is 24.0 Å². The van der Waals surface area contributed by atoms with Crippen molar-refractivity contribution in [2.45, 2.75) is 13.0 Å². The van der Waals surface area contributed by atoms with Crippen molar-refractivity contribution in [3.8, 4) is 11.5 Å². The molecule has 1 atom stereocenters. The molecule has 0 aliphatic rings. The van der Waals surface area contributed by atoms with Crippen LogP contribution in [0, 0.1) is 5.82 Å². The van der Waals surface area contributed by atoms with Crippen molar-refractivity contribution in [2.24, 2.45) is 7.05 Å². The summed E-state index contributed by atoms with van der Waals surface area (Å²) in [7, 11) is 1.76. The number of ether oxygens (including phenoxy) is 1. The summed E-state index contributed by atoms with van der Waals surface area (Å²) >= 11 is 0. The minimum absolute atomic E-state index is 0.149. The fourth-order valence-electron chi connectivity index (χ4n) is 1.59. The van der Waals surface area contributed by atoms with Crippen LogP contribution in [0.25, 0.3) is 0 Å². The van der Waals surface area contributed by atoms with Crippen LogP contribution in [-0.2, 0) is 7.05 Å². The molecule has 1 aromatic heterocycles. The molecule has 90 valence electrons. The summed E-state index contributed by atoms with van der Waals surface area (Å²) in [5, 5.41) is 13.5. The van der Waals surface area contributed by atoms with Crippen LogP contribution < -0.4 is 4.74 Å². The maximum Gasteiger partial charge on any atom is 0.165 e. The maximum absolute atomic E-state index is 13.5. The Morgan fingerprint density at radius 2 is 2.24 bits per heavy atom. The first kappa shape index (κ1) is 11.6. The SMILES string of the molecule is C[C@H](O)c1c(F)cccc1Oc1cnn(C)c1. The first-order valence-corrected chi connectivity index (χ1v) is 5.21. The number of hydrogen-bond acceptors (Lipinski definition) is 3. The minimum atomic E-state index is -0.928. The van der Waals surface area contributed by atoms with Crippen LogP contribution >= 0.6 is 0 Å². The van der Waals surface area contributed by atoms with E-state index in [4.69, 9.17) is 4.74 Å². The van der Waals surface area contributed by atoms with Crippen LogP contribution in [0.1, 0.15) is 18.6 Å². The van der Waals surface area contributed by atoms with Crippen LogP contribution in [-0.4, -0.2) is 14.9 Å². The first-order valence-electron chi connectivity index (χ1n) is 5.21. The molecule has 0 radical (unpaired) electrons. The van der Waals surface area contributed by atoms with Gasteiger partial charge in [-0.3, -0.25) is 4.68 Å². The third-order valence-electron chi connectivity index (χ3n) is 2.34. The van der Waals surface area contributed by atoms with Gasteiger partial charge in [-0.1, -0.05) is 6.07 Å². The number of aryl methyl sites for hydroxylation is 1. The summed E-state index contributed by atoms with van der Waals surface area (Å²) in [5.41, 5.74) is 0.149. The molecule has 4 nitrogen and oxygen atoms in total. The van der Waals surface area contributed by atoms with Crippen LogP contribution in [0.4, 0.5) is 4.39 Å². The second-order valence-electron chi connectivity index (χ2n) is 3.78. The number of halogens is 1. The number of aliphatic hydroxyl groups excluding tert-OH is 1. The fourth-order valence-corrected chi connectivity index (χ4v) is 1.59. The van der Waals surface area contributed by atoms with E-state index in [9.17, 15) is 9.50 Å². The molecule has 0 saturated heterocycles. The highest BCUT2D eigenvalue weighted by Gasteiger charge is 2.15. The molecule has 0 unspecified atom stereocenters. The second-order valence-corrected chi connectivity index (χ2v) is 3.78. The Morgan fingerprint density at radius 3 is 2.82 bits per heavy atom. The van der Waals surface area contributed by atoms with Gasteiger partial charge in [-0.05, 0) is 19.1 Å². The maximum atomic E-state index is 13.5. The van der Waals surface area contributed by atoms with E-state index in [2.05, 4.69) is 5.10 Å². The van der Waals surface area contributed by atoms with Crippen molar-refractivity contribution in [3.63, 3.8) is 0 Å². The summed E-state index contributed by atoms with van der Waals surface area (Å²) in [4.78, 5) is 0. The molecule has 17 heavy (non-hydrogen) atoms. The van der Waals surface area contributed by atoms with Gasteiger partial charge in [0.05, 0.1) is 24.1 Å². The highest BCUT2D eigenvalue weighted by Crippen LogP contribution is 2.31. The van der Waals surface area contributed by atoms with Gasteiger partial charge in [-0.15, -0.1) is 0 Å². The molecule has 1 N–H and O–H groups in total. The lowest BCUT2D eigenvalue weighted by Gasteiger charge is -2.12. The number of nitrogens with zero attached hydrogens (tertiary/aromatic N) is 2. The summed E-state index contributed by atoms with van der Waals surface area (Å²) in [6.45, 7) is 1.49. The molecule has 2 rings (SSSR count). The highest BCUT2D eigenvalue weighted by molar-refractivity contribution is 5.39. The monoisotopic (exact) mass is 236 g/mol. The Bertz CT molecular complexity index is 523. The van der Waals surface area contributed by atoms with E-state index in [-0.39, 0.29) is 5.56 Å². The molecule has 0 aliphatic carbocycles. The second kappa shape index (κ2) is 4.55. The van der Waals surface area contributed by atoms with Gasteiger partial charge in [0.2, 0.25) is 0 Å². The van der Waals surface area contributed by atoms with E-state index in [1.807, 2.05) is 0 Å². The Hall–Kier alpha value is -1.88. The Kier molecular flexibility index (Phi) is 3.10. The Morgan fingerprint density at radius 1 is 1.47 bits per heavy atom. The van der Waals surface area contributed by atoms with Crippen molar-refractivity contribution >= 4 is 0 Å². The lowest BCUT2D eigenvalue weighted by molar-refractivity contribution is 0.190. The fraction of sp³-hybridized carbons (Fsp3) is 0.250. The van der Waals surface area contributed by atoms with Gasteiger partial charge in [0.1, 0.15) is 11.6 Å². The van der Waals surface area contributed by atoms with Gasteiger partial charge in [-0.25, -0.2) is 4.39 Å². The van der Waals surface area contributed by atoms with Gasteiger partial charge in [-0.2, -0.15) is 5.10 Å². The number of aliphatic hydroxyl groups is 1. The standard InChI is InChI=1S/C12H13FN2O2/c1-8(16)12-10(13)4-3-5-11(12)17-9-6-14-15(2)7-9/h3-8,16H,1-2H3/t8-/m0/s1. The average molecular weight is 236 g/mol. The van der Waals surface area contributed by atoms with Crippen LogP contribution in [0.15, 0.2) is 30.6 Å². The Labute approximate surface area is 98.3 Å². The smallest absolute Gasteiger partial charge is 0.165 e. The lowest BCUT2D eigenvalue weighted by atomic mass is 10.1. The molecule has 2 aromatic rings. The Balaban J connectivity index is 2.35. The average Bonchev–Trinajstić information content (AvgIpc) is 2.63. The molecular weight excluding hydrogens is 223 g/mol. The molecular formula is C12H13FN2O2. The van der Waals surface area contributed by atoms with E-state index < -0.39 is 11.9 Å². The summed E-state index contributed by atoms with van der Waals surface area (Å²) in [6, 6.07) is 4.43. The van der Waals surface area contributed by atoms with Crippen molar-refractivity contribution in [1.82, 2.24) is 9.78 Å². The molecule has 0 bridgehead atoms. The number of aromatic nitrogens is 2. The summed E-state index contributed by atoms with van der Waals surface area (Å²) in [6.07, 6.45) is 2.26. The van der Waals surface area contributed by atoms with Gasteiger partial charge in [0.25, 0.3) is 0 Å². The molecule has 0 spiro atoms. The summed E-state index contributed by atoms with van der Waals surface area (Å²) < 4.78 is 20.6. The number of rotatable bonds is 3. The van der Waals surface area contributed by atoms with Crippen molar-refractivity contribution < 1.29 is 14.2 Å². The molecule has 0 amide bonds. The molecule has 1 heterocycles. The van der Waals surface area contributed by atoms with Gasteiger partial charge < -0.3 is 9.84 Å². The summed E-state index contributed by atoms with van der Waals surface area (Å²) in [5.74, 6) is 0.314. The molecule has 5 heteroatoms. The van der Waals surface area contributed by atoms with E-state index in [1.165, 1.54) is 25.3 Å². The molecule has 0 fully saturated rings. The zero-order valence-electron chi connectivity index (χ0n) is 9.59. The van der Waals surface area contributed by atoms with Crippen molar-refractivity contribution in [1.29, 1.82) is 0 Å². The van der Waals surface area contributed by atoms with Gasteiger partial charge in [0.15, 0.2) is 5.75 Å². The van der Waals surface area contributed by atoms with Gasteiger partial charge >= 0.3 is 0 Å². The van der Waals surface area contributed by atoms with Crippen molar-refractivity contribution in [2.75, 3.05) is 0 Å². The van der Waals surface area contributed by atoms with E-state index in [0.717, 1.165) is 0 Å². The number of benzene rings is 1. The first-order chi connectivity index (χ1) is 8.08. The van der Waals surface area contributed by atoms with E-state index >= 15 is 0 Å². The topological polar surface area (TPSA) is 47.3 Å². The highest BCUT2D eigenvalue weighted by atomic mass is 19.1. The van der Waals surface area contributed by atoms with Crippen molar-refractivity contribution in [3.05, 3.63) is 42.0 Å².